The van der Waals surface area contributed by atoms with Gasteiger partial charge in [0.15, 0.2) is 0 Å². The Labute approximate surface area is 134 Å². The van der Waals surface area contributed by atoms with Gasteiger partial charge in [-0.15, -0.1) is 0 Å². The normalized spacial score (nSPS) is 11.2. The minimum absolute atomic E-state index is 0.229. The van der Waals surface area contributed by atoms with Gasteiger partial charge >= 0.3 is 0 Å². The molecule has 3 rings (SSSR count). The number of phenols is 1. The summed E-state index contributed by atoms with van der Waals surface area (Å²) in [7, 11) is 0. The van der Waals surface area contributed by atoms with E-state index in [2.05, 4.69) is 41.3 Å². The van der Waals surface area contributed by atoms with Crippen LogP contribution in [0.2, 0.25) is 0 Å². The molecule has 0 bridgehead atoms. The van der Waals surface area contributed by atoms with Crippen LogP contribution in [0, 0.1) is 6.92 Å². The lowest BCUT2D eigenvalue weighted by atomic mass is 10.1. The van der Waals surface area contributed by atoms with E-state index in [1.807, 2.05) is 0 Å². The molecule has 0 unspecified atom stereocenters. The Balaban J connectivity index is 1.76. The Bertz CT molecular complexity index is 817. The maximum atomic E-state index is 9.27. The molecule has 0 aliphatic heterocycles. The third kappa shape index (κ3) is 3.58. The van der Waals surface area contributed by atoms with E-state index in [4.69, 9.17) is 5.73 Å². The number of nitrogen functional groups attached to an aromatic ring is 1. The molecule has 3 N–H and O–H groups in total. The van der Waals surface area contributed by atoms with E-state index in [0.717, 1.165) is 11.1 Å². The Morgan fingerprint density at radius 2 is 1.83 bits per heavy atom. The zero-order chi connectivity index (χ0) is 16.2. The lowest BCUT2D eigenvalue weighted by Gasteiger charge is -2.05. The van der Waals surface area contributed by atoms with Gasteiger partial charge in [0.25, 0.3) is 0 Å². The van der Waals surface area contributed by atoms with Crippen LogP contribution in [0.3, 0.4) is 0 Å². The fourth-order valence-corrected chi connectivity index (χ4v) is 2.18. The monoisotopic (exact) mass is 306 g/mol. The molecule has 5 nitrogen and oxygen atoms in total. The van der Waals surface area contributed by atoms with Crippen molar-refractivity contribution < 1.29 is 5.11 Å². The minimum atomic E-state index is 0.229. The summed E-state index contributed by atoms with van der Waals surface area (Å²) in [5.74, 6) is 0.758. The van der Waals surface area contributed by atoms with Gasteiger partial charge in [-0.25, -0.2) is 4.68 Å². The number of anilines is 1. The highest BCUT2D eigenvalue weighted by atomic mass is 16.3. The predicted octanol–water partition coefficient (Wildman–Crippen LogP) is 3.28. The van der Waals surface area contributed by atoms with Crippen LogP contribution in [0.25, 0.3) is 0 Å². The molecule has 0 atom stereocenters. The van der Waals surface area contributed by atoms with Gasteiger partial charge in [0.1, 0.15) is 17.3 Å². The van der Waals surface area contributed by atoms with Gasteiger partial charge in [0.05, 0.1) is 12.7 Å². The molecule has 0 radical (unpaired) electrons. The first-order valence-electron chi connectivity index (χ1n) is 7.32. The van der Waals surface area contributed by atoms with E-state index in [9.17, 15) is 5.11 Å². The lowest BCUT2D eigenvalue weighted by molar-refractivity contribution is 0.475. The first kappa shape index (κ1) is 14.8. The highest BCUT2D eigenvalue weighted by Crippen LogP contribution is 2.22. The van der Waals surface area contributed by atoms with E-state index < -0.39 is 0 Å². The molecule has 0 spiro atoms. The van der Waals surface area contributed by atoms with Gasteiger partial charge in [0, 0.05) is 6.21 Å². The molecule has 3 aromatic rings. The van der Waals surface area contributed by atoms with Crippen LogP contribution < -0.4 is 5.73 Å². The van der Waals surface area contributed by atoms with Crippen LogP contribution in [0.5, 0.6) is 5.75 Å². The van der Waals surface area contributed by atoms with Crippen molar-refractivity contribution in [1.82, 2.24) is 9.78 Å². The van der Waals surface area contributed by atoms with Gasteiger partial charge in [-0.2, -0.15) is 5.10 Å². The summed E-state index contributed by atoms with van der Waals surface area (Å²) in [6, 6.07) is 15.1. The maximum absolute atomic E-state index is 9.27. The summed E-state index contributed by atoms with van der Waals surface area (Å²) in [6.07, 6.45) is 3.35. The number of nitrogens with zero attached hydrogens (tertiary/aromatic N) is 3. The van der Waals surface area contributed by atoms with Gasteiger partial charge < -0.3 is 10.8 Å². The van der Waals surface area contributed by atoms with Crippen molar-refractivity contribution >= 4 is 17.7 Å². The molecule has 23 heavy (non-hydrogen) atoms. The maximum Gasteiger partial charge on any atom is 0.148 e. The highest BCUT2D eigenvalue weighted by molar-refractivity contribution is 5.83. The quantitative estimate of drug-likeness (QED) is 0.726. The van der Waals surface area contributed by atoms with Crippen LogP contribution in [-0.2, 0) is 6.54 Å². The van der Waals surface area contributed by atoms with Crippen LogP contribution >= 0.6 is 0 Å². The van der Waals surface area contributed by atoms with Crippen molar-refractivity contribution in [3.05, 3.63) is 71.4 Å². The van der Waals surface area contributed by atoms with Gasteiger partial charge in [-0.3, -0.25) is 4.99 Å². The third-order valence-corrected chi connectivity index (χ3v) is 3.56. The van der Waals surface area contributed by atoms with Crippen LogP contribution in [0.1, 0.15) is 16.7 Å². The van der Waals surface area contributed by atoms with E-state index in [-0.39, 0.29) is 5.75 Å². The number of nitrogens with two attached hydrogens (primary N) is 1. The molecule has 0 fully saturated rings. The molecule has 116 valence electrons. The first-order valence-corrected chi connectivity index (χ1v) is 7.32. The van der Waals surface area contributed by atoms with E-state index in [1.165, 1.54) is 5.56 Å². The number of aliphatic imine (C=N–C) groups is 1. The van der Waals surface area contributed by atoms with Crippen LogP contribution in [0.4, 0.5) is 11.5 Å². The largest absolute Gasteiger partial charge is 0.508 e. The minimum Gasteiger partial charge on any atom is -0.508 e. The molecule has 0 aliphatic rings. The Kier molecular flexibility index (Phi) is 4.10. The number of phenolic OH excluding ortho intramolecular Hbond substituents is 1. The summed E-state index contributed by atoms with van der Waals surface area (Å²) in [5.41, 5.74) is 9.99. The number of hydrogen-bond acceptors (Lipinski definition) is 4. The molecule has 1 aromatic heterocycles. The average Bonchev–Trinajstić information content (AvgIpc) is 2.90. The van der Waals surface area contributed by atoms with Crippen molar-refractivity contribution in [2.75, 3.05) is 5.73 Å². The van der Waals surface area contributed by atoms with Crippen molar-refractivity contribution in [3.8, 4) is 5.75 Å². The lowest BCUT2D eigenvalue weighted by Crippen LogP contribution is -2.05. The summed E-state index contributed by atoms with van der Waals surface area (Å²) < 4.78 is 1.73. The zero-order valence-electron chi connectivity index (χ0n) is 12.8. The highest BCUT2D eigenvalue weighted by Gasteiger charge is 2.06. The van der Waals surface area contributed by atoms with Crippen LogP contribution in [0.15, 0.2) is 59.7 Å². The number of aryl methyl sites for hydroxylation is 1. The van der Waals surface area contributed by atoms with Gasteiger partial charge in [-0.05, 0) is 42.3 Å². The standard InChI is InChI=1S/C18H18N4O/c1-13-2-4-15(5-3-13)12-22-18(19)17(11-21-22)20-10-14-6-8-16(23)9-7-14/h2-11,23H,12,19H2,1H3. The molecule has 5 heteroatoms. The number of hydrogen-bond donors (Lipinski definition) is 2. The fraction of sp³-hybridized carbons (Fsp3) is 0.111. The fourth-order valence-electron chi connectivity index (χ4n) is 2.18. The molecular formula is C18H18N4O. The summed E-state index contributed by atoms with van der Waals surface area (Å²) >= 11 is 0. The second-order valence-corrected chi connectivity index (χ2v) is 5.41. The Morgan fingerprint density at radius 1 is 1.13 bits per heavy atom. The molecular weight excluding hydrogens is 288 g/mol. The molecule has 1 heterocycles. The Hall–Kier alpha value is -3.08. The number of aromatic hydroxyl groups is 1. The zero-order valence-corrected chi connectivity index (χ0v) is 12.8. The average molecular weight is 306 g/mol. The van der Waals surface area contributed by atoms with E-state index in [1.54, 1.807) is 41.4 Å². The van der Waals surface area contributed by atoms with E-state index >= 15 is 0 Å². The number of aromatic nitrogens is 2. The van der Waals surface area contributed by atoms with Crippen molar-refractivity contribution in [2.24, 2.45) is 4.99 Å². The van der Waals surface area contributed by atoms with Crippen LogP contribution in [-0.4, -0.2) is 21.1 Å². The smallest absolute Gasteiger partial charge is 0.148 e. The van der Waals surface area contributed by atoms with Crippen molar-refractivity contribution in [3.63, 3.8) is 0 Å². The first-order chi connectivity index (χ1) is 11.1. The number of rotatable bonds is 4. The molecule has 0 aliphatic carbocycles. The van der Waals surface area contributed by atoms with Gasteiger partial charge in [0.2, 0.25) is 0 Å². The summed E-state index contributed by atoms with van der Waals surface area (Å²) in [4.78, 5) is 4.37. The van der Waals surface area contributed by atoms with Crippen molar-refractivity contribution in [1.29, 1.82) is 0 Å². The third-order valence-electron chi connectivity index (χ3n) is 3.56. The molecule has 2 aromatic carbocycles. The number of benzene rings is 2. The van der Waals surface area contributed by atoms with E-state index in [0.29, 0.717) is 18.1 Å². The second kappa shape index (κ2) is 6.36. The SMILES string of the molecule is Cc1ccc(Cn2ncc(N=Cc3ccc(O)cc3)c2N)cc1. The summed E-state index contributed by atoms with van der Waals surface area (Å²) in [5, 5.41) is 13.6. The second-order valence-electron chi connectivity index (χ2n) is 5.41. The Morgan fingerprint density at radius 3 is 2.52 bits per heavy atom. The topological polar surface area (TPSA) is 76.4 Å². The van der Waals surface area contributed by atoms with Crippen molar-refractivity contribution in [2.45, 2.75) is 13.5 Å². The molecule has 0 amide bonds. The molecule has 0 saturated heterocycles. The predicted molar refractivity (Wildman–Crippen MR) is 92.3 cm³/mol. The summed E-state index contributed by atoms with van der Waals surface area (Å²) in [6.45, 7) is 2.67. The van der Waals surface area contributed by atoms with Gasteiger partial charge in [-0.1, -0.05) is 29.8 Å². The molecule has 0 saturated carbocycles.